The van der Waals surface area contributed by atoms with E-state index in [-0.39, 0.29) is 5.97 Å². The van der Waals surface area contributed by atoms with Crippen LogP contribution in [0.3, 0.4) is 0 Å². The second-order valence-corrected chi connectivity index (χ2v) is 5.25. The fourth-order valence-electron chi connectivity index (χ4n) is 2.49. The maximum atomic E-state index is 12.2. The van der Waals surface area contributed by atoms with Gasteiger partial charge in [-0.2, -0.15) is 0 Å². The Morgan fingerprint density at radius 1 is 1.26 bits per heavy atom. The van der Waals surface area contributed by atoms with Gasteiger partial charge in [0.25, 0.3) is 0 Å². The molecule has 1 N–H and O–H groups in total. The average molecular weight is 272 g/mol. The van der Waals surface area contributed by atoms with Gasteiger partial charge in [0, 0.05) is 6.04 Å². The third kappa shape index (κ3) is 5.91. The van der Waals surface area contributed by atoms with Crippen molar-refractivity contribution < 1.29 is 9.53 Å². The molecule has 0 aromatic rings. The van der Waals surface area contributed by atoms with Gasteiger partial charge >= 0.3 is 5.97 Å². The number of esters is 1. The van der Waals surface area contributed by atoms with Gasteiger partial charge in [0.2, 0.25) is 0 Å². The van der Waals surface area contributed by atoms with Crippen molar-refractivity contribution >= 4 is 5.97 Å². The number of nitrogens with zero attached hydrogens (tertiary/aromatic N) is 1. The van der Waals surface area contributed by atoms with Crippen LogP contribution < -0.4 is 5.32 Å². The van der Waals surface area contributed by atoms with E-state index >= 15 is 0 Å². The molecule has 0 bridgehead atoms. The van der Waals surface area contributed by atoms with Gasteiger partial charge in [-0.1, -0.05) is 20.8 Å². The molecule has 19 heavy (non-hydrogen) atoms. The lowest BCUT2D eigenvalue weighted by molar-refractivity contribution is -0.151. The molecule has 0 aliphatic carbocycles. The zero-order chi connectivity index (χ0) is 14.9. The first-order valence-electron chi connectivity index (χ1n) is 7.61. The summed E-state index contributed by atoms with van der Waals surface area (Å²) in [7, 11) is 0. The van der Waals surface area contributed by atoms with Crippen LogP contribution in [-0.4, -0.2) is 48.7 Å². The smallest absolute Gasteiger partial charge is 0.326 e. The zero-order valence-corrected chi connectivity index (χ0v) is 13.6. The predicted octanol–water partition coefficient (Wildman–Crippen LogP) is 2.43. The largest absolute Gasteiger partial charge is 0.465 e. The highest BCUT2D eigenvalue weighted by Gasteiger charge is 2.36. The second-order valence-electron chi connectivity index (χ2n) is 5.25. The molecule has 0 spiro atoms. The number of rotatable bonds is 10. The third-order valence-corrected chi connectivity index (χ3v) is 3.63. The molecule has 0 aliphatic heterocycles. The van der Waals surface area contributed by atoms with Gasteiger partial charge in [0.1, 0.15) is 5.54 Å². The van der Waals surface area contributed by atoms with E-state index in [1.807, 2.05) is 13.8 Å². The lowest BCUT2D eigenvalue weighted by Crippen LogP contribution is -2.54. The van der Waals surface area contributed by atoms with Crippen molar-refractivity contribution in [2.24, 2.45) is 0 Å². The van der Waals surface area contributed by atoms with Gasteiger partial charge in [-0.05, 0) is 53.2 Å². The van der Waals surface area contributed by atoms with Crippen LogP contribution in [0.2, 0.25) is 0 Å². The minimum atomic E-state index is -0.589. The lowest BCUT2D eigenvalue weighted by atomic mass is 9.92. The Labute approximate surface area is 118 Å². The molecular formula is C15H32N2O2. The summed E-state index contributed by atoms with van der Waals surface area (Å²) < 4.78 is 5.23. The number of carbonyl (C=O) groups is 1. The van der Waals surface area contributed by atoms with Crippen LogP contribution in [0.15, 0.2) is 0 Å². The summed E-state index contributed by atoms with van der Waals surface area (Å²) in [4.78, 5) is 14.6. The SMILES string of the molecule is CCCNC(C)(CC(C)N(CC)CC)C(=O)OCC. The molecule has 4 nitrogen and oxygen atoms in total. The van der Waals surface area contributed by atoms with Gasteiger partial charge in [-0.3, -0.25) is 4.79 Å². The van der Waals surface area contributed by atoms with Crippen molar-refractivity contribution in [3.05, 3.63) is 0 Å². The van der Waals surface area contributed by atoms with Crippen molar-refractivity contribution in [3.8, 4) is 0 Å². The van der Waals surface area contributed by atoms with Gasteiger partial charge in [0.05, 0.1) is 6.61 Å². The number of ether oxygens (including phenoxy) is 1. The lowest BCUT2D eigenvalue weighted by Gasteiger charge is -2.35. The molecule has 0 aromatic heterocycles. The highest BCUT2D eigenvalue weighted by molar-refractivity contribution is 5.80. The van der Waals surface area contributed by atoms with E-state index in [9.17, 15) is 4.79 Å². The molecule has 0 rings (SSSR count). The highest BCUT2D eigenvalue weighted by Crippen LogP contribution is 2.18. The van der Waals surface area contributed by atoms with Crippen molar-refractivity contribution in [2.45, 2.75) is 66.0 Å². The standard InChI is InChI=1S/C15H32N2O2/c1-7-11-16-15(6,14(18)19-10-4)12-13(5)17(8-2)9-3/h13,16H,7-12H2,1-6H3. The molecule has 0 aromatic carbocycles. The van der Waals surface area contributed by atoms with E-state index < -0.39 is 5.54 Å². The molecule has 114 valence electrons. The Morgan fingerprint density at radius 3 is 2.26 bits per heavy atom. The van der Waals surface area contributed by atoms with Gasteiger partial charge in [-0.15, -0.1) is 0 Å². The van der Waals surface area contributed by atoms with Gasteiger partial charge in [0.15, 0.2) is 0 Å². The summed E-state index contributed by atoms with van der Waals surface area (Å²) in [5, 5.41) is 3.36. The molecule has 4 heteroatoms. The number of hydrogen-bond acceptors (Lipinski definition) is 4. The summed E-state index contributed by atoms with van der Waals surface area (Å²) in [6.07, 6.45) is 1.78. The van der Waals surface area contributed by atoms with Crippen molar-refractivity contribution in [3.63, 3.8) is 0 Å². The number of hydrogen-bond donors (Lipinski definition) is 1. The summed E-state index contributed by atoms with van der Waals surface area (Å²) >= 11 is 0. The molecule has 2 atom stereocenters. The molecule has 0 radical (unpaired) electrons. The van der Waals surface area contributed by atoms with Crippen LogP contribution in [0.4, 0.5) is 0 Å². The van der Waals surface area contributed by atoms with E-state index in [4.69, 9.17) is 4.74 Å². The fourth-order valence-corrected chi connectivity index (χ4v) is 2.49. The topological polar surface area (TPSA) is 41.6 Å². The van der Waals surface area contributed by atoms with Crippen LogP contribution in [0.1, 0.15) is 54.4 Å². The number of nitrogens with one attached hydrogen (secondary N) is 1. The summed E-state index contributed by atoms with van der Waals surface area (Å²) in [6.45, 7) is 15.7. The first kappa shape index (κ1) is 18.4. The molecule has 0 aliphatic rings. The minimum absolute atomic E-state index is 0.137. The average Bonchev–Trinajstić information content (AvgIpc) is 2.38. The van der Waals surface area contributed by atoms with E-state index in [1.165, 1.54) is 0 Å². The molecule has 0 saturated carbocycles. The van der Waals surface area contributed by atoms with Crippen LogP contribution >= 0.6 is 0 Å². The van der Waals surface area contributed by atoms with E-state index in [2.05, 4.69) is 37.9 Å². The molecule has 0 heterocycles. The quantitative estimate of drug-likeness (QED) is 0.620. The zero-order valence-electron chi connectivity index (χ0n) is 13.6. The van der Waals surface area contributed by atoms with Crippen molar-refractivity contribution in [1.82, 2.24) is 10.2 Å². The van der Waals surface area contributed by atoms with Crippen molar-refractivity contribution in [1.29, 1.82) is 0 Å². The highest BCUT2D eigenvalue weighted by atomic mass is 16.5. The Bertz CT molecular complexity index is 255. The van der Waals surface area contributed by atoms with Crippen LogP contribution in [0, 0.1) is 0 Å². The van der Waals surface area contributed by atoms with Gasteiger partial charge in [-0.25, -0.2) is 0 Å². The first-order valence-corrected chi connectivity index (χ1v) is 7.61. The molecular weight excluding hydrogens is 240 g/mol. The Morgan fingerprint density at radius 2 is 1.84 bits per heavy atom. The predicted molar refractivity (Wildman–Crippen MR) is 80.3 cm³/mol. The summed E-state index contributed by atoms with van der Waals surface area (Å²) in [6, 6.07) is 0.355. The monoisotopic (exact) mass is 272 g/mol. The third-order valence-electron chi connectivity index (χ3n) is 3.63. The maximum Gasteiger partial charge on any atom is 0.326 e. The second kappa shape index (κ2) is 9.32. The molecule has 0 saturated heterocycles. The van der Waals surface area contributed by atoms with E-state index in [0.29, 0.717) is 12.6 Å². The maximum absolute atomic E-state index is 12.2. The first-order chi connectivity index (χ1) is 8.95. The minimum Gasteiger partial charge on any atom is -0.465 e. The fraction of sp³-hybridized carbons (Fsp3) is 0.933. The van der Waals surface area contributed by atoms with Crippen molar-refractivity contribution in [2.75, 3.05) is 26.2 Å². The van der Waals surface area contributed by atoms with Gasteiger partial charge < -0.3 is 15.0 Å². The Kier molecular flexibility index (Phi) is 9.02. The Balaban J connectivity index is 4.78. The van der Waals surface area contributed by atoms with E-state index in [1.54, 1.807) is 0 Å². The van der Waals surface area contributed by atoms with Crippen LogP contribution in [-0.2, 0) is 9.53 Å². The molecule has 0 fully saturated rings. The van der Waals surface area contributed by atoms with Crippen LogP contribution in [0.5, 0.6) is 0 Å². The van der Waals surface area contributed by atoms with E-state index in [0.717, 1.165) is 32.5 Å². The normalized spacial score (nSPS) is 16.2. The summed E-state index contributed by atoms with van der Waals surface area (Å²) in [5.74, 6) is -0.137. The Hall–Kier alpha value is -0.610. The molecule has 2 unspecified atom stereocenters. The molecule has 0 amide bonds. The number of carbonyl (C=O) groups excluding carboxylic acids is 1. The van der Waals surface area contributed by atoms with Crippen LogP contribution in [0.25, 0.3) is 0 Å². The summed E-state index contributed by atoms with van der Waals surface area (Å²) in [5.41, 5.74) is -0.589.